The number of aliphatic imine (C=N–C) groups is 1. The van der Waals surface area contributed by atoms with Crippen LogP contribution in [0.5, 0.6) is 0 Å². The van der Waals surface area contributed by atoms with Crippen molar-refractivity contribution in [2.24, 2.45) is 4.99 Å². The number of aromatic nitrogens is 2. The zero-order chi connectivity index (χ0) is 18.9. The number of piperazine rings is 1. The summed E-state index contributed by atoms with van der Waals surface area (Å²) in [6.07, 6.45) is 5.29. The molecule has 0 atom stereocenters. The highest BCUT2D eigenvalue weighted by Gasteiger charge is 2.20. The highest BCUT2D eigenvalue weighted by atomic mass is 127. The maximum Gasteiger partial charge on any atom is 0.225 e. The first-order valence-electron chi connectivity index (χ1n) is 9.56. The number of nitrogens with zero attached hydrogens (tertiary/aromatic N) is 5. The van der Waals surface area contributed by atoms with Crippen LogP contribution in [0.15, 0.2) is 47.7 Å². The second kappa shape index (κ2) is 11.8. The molecule has 1 aromatic carbocycles. The minimum absolute atomic E-state index is 0. The molecule has 0 amide bonds. The third-order valence-electron chi connectivity index (χ3n) is 4.52. The first-order chi connectivity index (χ1) is 13.3. The van der Waals surface area contributed by atoms with E-state index in [2.05, 4.69) is 32.0 Å². The number of rotatable bonds is 6. The monoisotopic (exact) mass is 498 g/mol. The summed E-state index contributed by atoms with van der Waals surface area (Å²) in [7, 11) is 0. The third-order valence-corrected chi connectivity index (χ3v) is 4.52. The Bertz CT molecular complexity index is 734. The maximum absolute atomic E-state index is 13.2. The molecule has 0 radical (unpaired) electrons. The molecule has 8 heteroatoms. The van der Waals surface area contributed by atoms with Crippen molar-refractivity contribution in [1.82, 2.24) is 20.2 Å². The van der Waals surface area contributed by atoms with E-state index in [1.54, 1.807) is 24.5 Å². The molecule has 1 aliphatic rings. The highest BCUT2D eigenvalue weighted by molar-refractivity contribution is 14.0. The lowest BCUT2D eigenvalue weighted by Gasteiger charge is -2.36. The molecule has 1 saturated heterocycles. The minimum atomic E-state index is -0.176. The van der Waals surface area contributed by atoms with Crippen molar-refractivity contribution >= 4 is 35.9 Å². The summed E-state index contributed by atoms with van der Waals surface area (Å²) in [5, 5.41) is 3.38. The van der Waals surface area contributed by atoms with E-state index in [1.807, 2.05) is 12.1 Å². The topological polar surface area (TPSA) is 56.7 Å². The largest absolute Gasteiger partial charge is 0.357 e. The molecule has 28 heavy (non-hydrogen) atoms. The van der Waals surface area contributed by atoms with Crippen LogP contribution < -0.4 is 10.2 Å². The molecule has 2 heterocycles. The van der Waals surface area contributed by atoms with Gasteiger partial charge in [-0.15, -0.1) is 24.0 Å². The van der Waals surface area contributed by atoms with Gasteiger partial charge in [-0.3, -0.25) is 4.99 Å². The molecule has 0 bridgehead atoms. The van der Waals surface area contributed by atoms with Crippen molar-refractivity contribution in [3.05, 3.63) is 54.1 Å². The highest BCUT2D eigenvalue weighted by Crippen LogP contribution is 2.10. The van der Waals surface area contributed by atoms with E-state index < -0.39 is 0 Å². The van der Waals surface area contributed by atoms with Gasteiger partial charge >= 0.3 is 0 Å². The molecule has 6 nitrogen and oxygen atoms in total. The van der Waals surface area contributed by atoms with Gasteiger partial charge in [0.15, 0.2) is 5.96 Å². The van der Waals surface area contributed by atoms with Crippen molar-refractivity contribution < 1.29 is 4.39 Å². The van der Waals surface area contributed by atoms with Crippen molar-refractivity contribution in [1.29, 1.82) is 0 Å². The molecule has 0 unspecified atom stereocenters. The van der Waals surface area contributed by atoms with Crippen LogP contribution in [0.2, 0.25) is 0 Å². The number of guanidine groups is 1. The van der Waals surface area contributed by atoms with Gasteiger partial charge in [0.25, 0.3) is 0 Å². The van der Waals surface area contributed by atoms with E-state index in [0.717, 1.165) is 69.6 Å². The average molecular weight is 498 g/mol. The quantitative estimate of drug-likeness (QED) is 0.287. The number of benzene rings is 1. The van der Waals surface area contributed by atoms with Crippen LogP contribution in [-0.4, -0.2) is 60.1 Å². The molecular weight excluding hydrogens is 470 g/mol. The van der Waals surface area contributed by atoms with Gasteiger partial charge in [0.05, 0.1) is 0 Å². The zero-order valence-corrected chi connectivity index (χ0v) is 18.6. The van der Waals surface area contributed by atoms with Crippen LogP contribution >= 0.6 is 24.0 Å². The predicted octanol–water partition coefficient (Wildman–Crippen LogP) is 2.95. The van der Waals surface area contributed by atoms with Crippen LogP contribution in [-0.2, 0) is 6.42 Å². The Morgan fingerprint density at radius 1 is 1.14 bits per heavy atom. The summed E-state index contributed by atoms with van der Waals surface area (Å²) in [4.78, 5) is 17.9. The first-order valence-corrected chi connectivity index (χ1v) is 9.56. The summed E-state index contributed by atoms with van der Waals surface area (Å²) >= 11 is 0. The Balaban J connectivity index is 0.00000280. The number of nitrogens with one attached hydrogen (secondary N) is 1. The summed E-state index contributed by atoms with van der Waals surface area (Å²) in [6.45, 7) is 7.15. The van der Waals surface area contributed by atoms with E-state index in [4.69, 9.17) is 4.99 Å². The van der Waals surface area contributed by atoms with Crippen LogP contribution in [0.4, 0.5) is 10.3 Å². The molecule has 1 N–H and O–H groups in total. The van der Waals surface area contributed by atoms with Gasteiger partial charge in [-0.05, 0) is 43.5 Å². The summed E-state index contributed by atoms with van der Waals surface area (Å²) in [5.41, 5.74) is 1.02. The Kier molecular flexibility index (Phi) is 9.39. The van der Waals surface area contributed by atoms with Crippen LogP contribution in [0.25, 0.3) is 0 Å². The van der Waals surface area contributed by atoms with Gasteiger partial charge in [-0.2, -0.15) is 0 Å². The Morgan fingerprint density at radius 3 is 2.57 bits per heavy atom. The molecule has 3 rings (SSSR count). The van der Waals surface area contributed by atoms with Gasteiger partial charge in [-0.1, -0.05) is 12.1 Å². The molecule has 0 saturated carbocycles. The van der Waals surface area contributed by atoms with Crippen molar-refractivity contribution in [3.63, 3.8) is 0 Å². The second-order valence-electron chi connectivity index (χ2n) is 6.49. The molecule has 2 aromatic rings. The number of hydrogen-bond acceptors (Lipinski definition) is 4. The number of halogens is 2. The smallest absolute Gasteiger partial charge is 0.225 e. The molecule has 0 aliphatic carbocycles. The lowest BCUT2D eigenvalue weighted by molar-refractivity contribution is 0.370. The van der Waals surface area contributed by atoms with Crippen LogP contribution in [0, 0.1) is 5.82 Å². The van der Waals surface area contributed by atoms with Gasteiger partial charge < -0.3 is 15.1 Å². The number of aryl methyl sites for hydroxylation is 1. The summed E-state index contributed by atoms with van der Waals surface area (Å²) in [5.74, 6) is 1.56. The minimum Gasteiger partial charge on any atom is -0.357 e. The molecule has 1 aliphatic heterocycles. The fourth-order valence-corrected chi connectivity index (χ4v) is 3.16. The molecule has 0 spiro atoms. The van der Waals surface area contributed by atoms with Gasteiger partial charge in [-0.25, -0.2) is 14.4 Å². The van der Waals surface area contributed by atoms with Crippen LogP contribution in [0.1, 0.15) is 18.9 Å². The van der Waals surface area contributed by atoms with E-state index >= 15 is 0 Å². The second-order valence-corrected chi connectivity index (χ2v) is 6.49. The van der Waals surface area contributed by atoms with E-state index in [9.17, 15) is 4.39 Å². The maximum atomic E-state index is 13.2. The summed E-state index contributed by atoms with van der Waals surface area (Å²) < 4.78 is 13.2. The molecule has 1 fully saturated rings. The SMILES string of the molecule is CCNC(=NCCCc1cccc(F)c1)N1CCN(c2ncccn2)CC1.I. The van der Waals surface area contributed by atoms with Crippen LogP contribution in [0.3, 0.4) is 0 Å². The summed E-state index contributed by atoms with van der Waals surface area (Å²) in [6, 6.07) is 8.63. The molecule has 1 aromatic heterocycles. The number of anilines is 1. The fraction of sp³-hybridized carbons (Fsp3) is 0.450. The van der Waals surface area contributed by atoms with Crippen molar-refractivity contribution in [3.8, 4) is 0 Å². The third kappa shape index (κ3) is 6.57. The zero-order valence-electron chi connectivity index (χ0n) is 16.2. The Hall–Kier alpha value is -1.97. The lowest BCUT2D eigenvalue weighted by atomic mass is 10.1. The van der Waals surface area contributed by atoms with E-state index in [-0.39, 0.29) is 29.8 Å². The molecule has 152 valence electrons. The standard InChI is InChI=1S/C20H27FN6.HI/c1-2-22-19(23-9-4-7-17-6-3-8-18(21)16-17)26-12-14-27(15-13-26)20-24-10-5-11-25-20;/h3,5-6,8,10-11,16H,2,4,7,9,12-15H2,1H3,(H,22,23);1H. The predicted molar refractivity (Wildman–Crippen MR) is 122 cm³/mol. The van der Waals surface area contributed by atoms with Crippen molar-refractivity contribution in [2.75, 3.05) is 44.2 Å². The van der Waals surface area contributed by atoms with Crippen molar-refractivity contribution in [2.45, 2.75) is 19.8 Å². The van der Waals surface area contributed by atoms with Gasteiger partial charge in [0.1, 0.15) is 5.82 Å². The van der Waals surface area contributed by atoms with Gasteiger partial charge in [0.2, 0.25) is 5.95 Å². The van der Waals surface area contributed by atoms with Gasteiger partial charge in [0, 0.05) is 51.7 Å². The Morgan fingerprint density at radius 2 is 1.89 bits per heavy atom. The Labute approximate surface area is 183 Å². The average Bonchev–Trinajstić information content (AvgIpc) is 2.71. The normalized spacial score (nSPS) is 14.6. The fourth-order valence-electron chi connectivity index (χ4n) is 3.16. The molecular formula is C20H28FIN6. The van der Waals surface area contributed by atoms with E-state index in [1.165, 1.54) is 6.07 Å². The first kappa shape index (κ1) is 22.3. The lowest BCUT2D eigenvalue weighted by Crippen LogP contribution is -2.53. The van der Waals surface area contributed by atoms with E-state index in [0.29, 0.717) is 0 Å². The number of hydrogen-bond donors (Lipinski definition) is 1.